The molecule has 0 spiro atoms. The number of alkyl halides is 3. The Kier molecular flexibility index (Phi) is 7.35. The van der Waals surface area contributed by atoms with Crippen LogP contribution >= 0.6 is 11.6 Å². The number of piperidine rings is 1. The second kappa shape index (κ2) is 10.6. The van der Waals surface area contributed by atoms with Gasteiger partial charge in [0.15, 0.2) is 0 Å². The van der Waals surface area contributed by atoms with Crippen molar-refractivity contribution >= 4 is 34.7 Å². The van der Waals surface area contributed by atoms with Crippen molar-refractivity contribution in [1.82, 2.24) is 0 Å². The molecule has 3 aliphatic heterocycles. The molecule has 2 aromatic rings. The molecule has 3 heterocycles. The summed E-state index contributed by atoms with van der Waals surface area (Å²) in [5.74, 6) is -0.0600. The molecule has 0 aromatic heterocycles. The minimum Gasteiger partial charge on any atom is -0.493 e. The van der Waals surface area contributed by atoms with E-state index in [0.717, 1.165) is 54.4 Å². The number of hydrogen-bond donors (Lipinski definition) is 0. The van der Waals surface area contributed by atoms with E-state index in [2.05, 4.69) is 10.0 Å². The molecule has 11 heteroatoms. The first-order chi connectivity index (χ1) is 18.1. The molecular formula is C27H29ClF3N3O4. The fourth-order valence-corrected chi connectivity index (χ4v) is 5.57. The third-order valence-electron chi connectivity index (χ3n) is 7.38. The Balaban J connectivity index is 1.23. The van der Waals surface area contributed by atoms with Crippen LogP contribution in [0.3, 0.4) is 0 Å². The van der Waals surface area contributed by atoms with Crippen LogP contribution in [0, 0.1) is 5.92 Å². The summed E-state index contributed by atoms with van der Waals surface area (Å²) < 4.78 is 57.1. The van der Waals surface area contributed by atoms with Gasteiger partial charge in [-0.3, -0.25) is 9.80 Å². The highest BCUT2D eigenvalue weighted by Crippen LogP contribution is 2.39. The SMILES string of the molecule is COC(=O)C[C@H]1[C@H](C)C(C(F)(F)F)=NN1c1ccc(OC2CCN(c3cc4c(cc3Cl)CCO4)CC2)cc1. The van der Waals surface area contributed by atoms with Gasteiger partial charge >= 0.3 is 12.1 Å². The number of rotatable bonds is 6. The van der Waals surface area contributed by atoms with Gasteiger partial charge in [-0.05, 0) is 35.9 Å². The average Bonchev–Trinajstić information content (AvgIpc) is 3.48. The maximum absolute atomic E-state index is 13.5. The van der Waals surface area contributed by atoms with Crippen LogP contribution in [-0.4, -0.2) is 56.8 Å². The lowest BCUT2D eigenvalue weighted by molar-refractivity contribution is -0.141. The fourth-order valence-electron chi connectivity index (χ4n) is 5.27. The van der Waals surface area contributed by atoms with Gasteiger partial charge in [-0.1, -0.05) is 18.5 Å². The standard InChI is InChI=1S/C27H29ClF3N3O4/c1-16-22(15-25(35)36-2)34(32-26(16)27(29,30)31)18-3-5-19(6-4-18)38-20-7-10-33(11-8-20)23-14-24-17(9-12-37-24)13-21(23)28/h3-6,13-14,16,20,22H,7-12,15H2,1-2H3/t16-,22-/m0/s1. The van der Waals surface area contributed by atoms with Crippen LogP contribution in [0.25, 0.3) is 0 Å². The first kappa shape index (κ1) is 26.5. The second-order valence-electron chi connectivity index (χ2n) is 9.77. The lowest BCUT2D eigenvalue weighted by Crippen LogP contribution is -2.38. The van der Waals surface area contributed by atoms with Crippen LogP contribution in [0.5, 0.6) is 11.5 Å². The van der Waals surface area contributed by atoms with Gasteiger partial charge in [0.1, 0.15) is 23.3 Å². The number of carbonyl (C=O) groups excluding carboxylic acids is 1. The lowest BCUT2D eigenvalue weighted by atomic mass is 9.94. The van der Waals surface area contributed by atoms with Gasteiger partial charge in [0.2, 0.25) is 0 Å². The van der Waals surface area contributed by atoms with E-state index < -0.39 is 29.8 Å². The van der Waals surface area contributed by atoms with Gasteiger partial charge in [-0.2, -0.15) is 18.3 Å². The molecule has 2 atom stereocenters. The maximum Gasteiger partial charge on any atom is 0.431 e. The van der Waals surface area contributed by atoms with Crippen molar-refractivity contribution < 1.29 is 32.2 Å². The Morgan fingerprint density at radius 1 is 1.18 bits per heavy atom. The Morgan fingerprint density at radius 3 is 2.55 bits per heavy atom. The number of ether oxygens (including phenoxy) is 3. The van der Waals surface area contributed by atoms with Gasteiger partial charge in [0, 0.05) is 44.3 Å². The number of methoxy groups -OCH3 is 1. The van der Waals surface area contributed by atoms with Crippen LogP contribution in [-0.2, 0) is 16.0 Å². The molecular weight excluding hydrogens is 523 g/mol. The zero-order chi connectivity index (χ0) is 27.0. The van der Waals surface area contributed by atoms with Crippen molar-refractivity contribution in [2.75, 3.05) is 36.7 Å². The number of fused-ring (bicyclic) bond motifs is 1. The third-order valence-corrected chi connectivity index (χ3v) is 7.68. The first-order valence-corrected chi connectivity index (χ1v) is 13.0. The quantitative estimate of drug-likeness (QED) is 0.434. The number of halogens is 4. The molecule has 0 aliphatic carbocycles. The van der Waals surface area contributed by atoms with E-state index in [1.807, 2.05) is 12.1 Å². The summed E-state index contributed by atoms with van der Waals surface area (Å²) in [4.78, 5) is 14.1. The van der Waals surface area contributed by atoms with E-state index in [9.17, 15) is 18.0 Å². The Labute approximate surface area is 224 Å². The van der Waals surface area contributed by atoms with Crippen molar-refractivity contribution in [3.05, 3.63) is 47.0 Å². The molecule has 38 heavy (non-hydrogen) atoms. The van der Waals surface area contributed by atoms with Gasteiger partial charge in [0.05, 0.1) is 42.6 Å². The fraction of sp³-hybridized carbons (Fsp3) is 0.481. The minimum absolute atomic E-state index is 0.00436. The summed E-state index contributed by atoms with van der Waals surface area (Å²) in [6, 6.07) is 9.97. The zero-order valence-corrected chi connectivity index (χ0v) is 21.9. The summed E-state index contributed by atoms with van der Waals surface area (Å²) in [5, 5.41) is 5.83. The molecule has 3 aliphatic rings. The topological polar surface area (TPSA) is 63.6 Å². The lowest BCUT2D eigenvalue weighted by Gasteiger charge is -2.34. The van der Waals surface area contributed by atoms with E-state index >= 15 is 0 Å². The maximum atomic E-state index is 13.5. The first-order valence-electron chi connectivity index (χ1n) is 12.6. The second-order valence-corrected chi connectivity index (χ2v) is 10.2. The smallest absolute Gasteiger partial charge is 0.431 e. The van der Waals surface area contributed by atoms with E-state index in [1.165, 1.54) is 19.0 Å². The molecule has 1 fully saturated rings. The molecule has 0 saturated carbocycles. The van der Waals surface area contributed by atoms with E-state index in [4.69, 9.17) is 25.8 Å². The summed E-state index contributed by atoms with van der Waals surface area (Å²) in [5.41, 5.74) is 1.64. The predicted molar refractivity (Wildman–Crippen MR) is 139 cm³/mol. The summed E-state index contributed by atoms with van der Waals surface area (Å²) >= 11 is 6.54. The monoisotopic (exact) mass is 551 g/mol. The van der Waals surface area contributed by atoms with Crippen LogP contribution in [0.15, 0.2) is 41.5 Å². The molecule has 1 saturated heterocycles. The molecule has 5 rings (SSSR count). The van der Waals surface area contributed by atoms with E-state index in [-0.39, 0.29) is 12.5 Å². The number of nitrogens with zero attached hydrogens (tertiary/aromatic N) is 3. The Morgan fingerprint density at radius 2 is 1.89 bits per heavy atom. The Bertz CT molecular complexity index is 1210. The highest BCUT2D eigenvalue weighted by Gasteiger charge is 2.48. The van der Waals surface area contributed by atoms with Crippen molar-refractivity contribution in [3.63, 3.8) is 0 Å². The highest BCUT2D eigenvalue weighted by molar-refractivity contribution is 6.33. The van der Waals surface area contributed by atoms with Crippen molar-refractivity contribution in [3.8, 4) is 11.5 Å². The van der Waals surface area contributed by atoms with Gasteiger partial charge in [-0.25, -0.2) is 0 Å². The highest BCUT2D eigenvalue weighted by atomic mass is 35.5. The molecule has 0 radical (unpaired) electrons. The molecule has 204 valence electrons. The molecule has 0 bridgehead atoms. The number of carbonyl (C=O) groups is 1. The molecule has 2 aromatic carbocycles. The summed E-state index contributed by atoms with van der Waals surface area (Å²) in [6.07, 6.45) is -2.34. The molecule has 0 unspecified atom stereocenters. The summed E-state index contributed by atoms with van der Waals surface area (Å²) in [6.45, 7) is 3.66. The number of benzene rings is 2. The largest absolute Gasteiger partial charge is 0.493 e. The van der Waals surface area contributed by atoms with Crippen LogP contribution in [0.2, 0.25) is 5.02 Å². The third kappa shape index (κ3) is 5.36. The predicted octanol–water partition coefficient (Wildman–Crippen LogP) is 5.63. The van der Waals surface area contributed by atoms with Gasteiger partial charge < -0.3 is 19.1 Å². The Hall–Kier alpha value is -3.14. The van der Waals surface area contributed by atoms with Crippen molar-refractivity contribution in [2.45, 2.75) is 50.9 Å². The molecule has 7 nitrogen and oxygen atoms in total. The number of hydrazone groups is 1. The van der Waals surface area contributed by atoms with Crippen LogP contribution in [0.1, 0.15) is 31.7 Å². The van der Waals surface area contributed by atoms with Crippen LogP contribution < -0.4 is 19.4 Å². The number of esters is 1. The summed E-state index contributed by atoms with van der Waals surface area (Å²) in [7, 11) is 1.21. The van der Waals surface area contributed by atoms with Crippen LogP contribution in [0.4, 0.5) is 24.5 Å². The average molecular weight is 552 g/mol. The zero-order valence-electron chi connectivity index (χ0n) is 21.1. The van der Waals surface area contributed by atoms with Crippen molar-refractivity contribution in [1.29, 1.82) is 0 Å². The van der Waals surface area contributed by atoms with E-state index in [1.54, 1.807) is 24.3 Å². The van der Waals surface area contributed by atoms with Crippen molar-refractivity contribution in [2.24, 2.45) is 11.0 Å². The number of hydrogen-bond acceptors (Lipinski definition) is 7. The minimum atomic E-state index is -4.59. The van der Waals surface area contributed by atoms with Gasteiger partial charge in [0.25, 0.3) is 0 Å². The molecule has 0 N–H and O–H groups in total. The van der Waals surface area contributed by atoms with E-state index in [0.29, 0.717) is 18.0 Å². The molecule has 0 amide bonds. The van der Waals surface area contributed by atoms with Gasteiger partial charge in [-0.15, -0.1) is 0 Å². The normalized spacial score (nSPS) is 21.7. The number of anilines is 2.